The number of carboxylic acids is 1. The molecule has 2 amide bonds. The predicted molar refractivity (Wildman–Crippen MR) is 85.7 cm³/mol. The highest BCUT2D eigenvalue weighted by molar-refractivity contribution is 7.98. The number of ether oxygens (including phenoxy) is 1. The Hall–Kier alpha value is -1.89. The lowest BCUT2D eigenvalue weighted by atomic mass is 9.90. The Bertz CT molecular complexity index is 593. The fourth-order valence-electron chi connectivity index (χ4n) is 2.43. The molecule has 120 valence electrons. The SMILES string of the molecule is COc1ccc(NC(=O)N2CCC(C)(C(=O)O)C2)cc1SC. The number of anilines is 1. The molecular formula is C15H20N2O4S. The van der Waals surface area contributed by atoms with Gasteiger partial charge < -0.3 is 20.1 Å². The number of nitrogens with zero attached hydrogens (tertiary/aromatic N) is 1. The number of amides is 2. The summed E-state index contributed by atoms with van der Waals surface area (Å²) in [6.45, 7) is 2.34. The molecule has 1 fully saturated rings. The largest absolute Gasteiger partial charge is 0.496 e. The minimum Gasteiger partial charge on any atom is -0.496 e. The van der Waals surface area contributed by atoms with Crippen LogP contribution in [0.3, 0.4) is 0 Å². The molecule has 0 spiro atoms. The van der Waals surface area contributed by atoms with E-state index in [2.05, 4.69) is 5.32 Å². The van der Waals surface area contributed by atoms with Gasteiger partial charge in [0.2, 0.25) is 0 Å². The molecule has 0 radical (unpaired) electrons. The highest BCUT2D eigenvalue weighted by Crippen LogP contribution is 2.32. The summed E-state index contributed by atoms with van der Waals surface area (Å²) in [6.07, 6.45) is 2.40. The predicted octanol–water partition coefficient (Wildman–Crippen LogP) is 2.75. The van der Waals surface area contributed by atoms with Crippen molar-refractivity contribution in [3.05, 3.63) is 18.2 Å². The molecule has 1 aromatic rings. The molecule has 1 heterocycles. The molecule has 1 aliphatic rings. The van der Waals surface area contributed by atoms with E-state index in [1.54, 1.807) is 26.2 Å². The number of benzene rings is 1. The molecule has 2 rings (SSSR count). The molecule has 0 bridgehead atoms. The Kier molecular flexibility index (Phi) is 4.85. The van der Waals surface area contributed by atoms with Crippen molar-refractivity contribution >= 4 is 29.4 Å². The summed E-state index contributed by atoms with van der Waals surface area (Å²) in [5.41, 5.74) is -0.194. The summed E-state index contributed by atoms with van der Waals surface area (Å²) in [7, 11) is 1.60. The normalized spacial score (nSPS) is 20.8. The molecule has 0 aliphatic carbocycles. The summed E-state index contributed by atoms with van der Waals surface area (Å²) in [6, 6.07) is 5.13. The molecular weight excluding hydrogens is 304 g/mol. The van der Waals surface area contributed by atoms with Crippen LogP contribution in [0.5, 0.6) is 5.75 Å². The van der Waals surface area contributed by atoms with Gasteiger partial charge in [-0.15, -0.1) is 11.8 Å². The van der Waals surface area contributed by atoms with Gasteiger partial charge >= 0.3 is 12.0 Å². The number of thioether (sulfide) groups is 1. The number of aliphatic carboxylic acids is 1. The highest BCUT2D eigenvalue weighted by atomic mass is 32.2. The van der Waals surface area contributed by atoms with Gasteiger partial charge in [-0.2, -0.15) is 0 Å². The number of hydrogen-bond acceptors (Lipinski definition) is 4. The van der Waals surface area contributed by atoms with Gasteiger partial charge in [0.05, 0.1) is 17.4 Å². The summed E-state index contributed by atoms with van der Waals surface area (Å²) >= 11 is 1.53. The third-order valence-corrected chi connectivity index (χ3v) is 4.67. The molecule has 0 aromatic heterocycles. The molecule has 1 aliphatic heterocycles. The number of rotatable bonds is 4. The fourth-order valence-corrected chi connectivity index (χ4v) is 3.02. The lowest BCUT2D eigenvalue weighted by Crippen LogP contribution is -2.37. The van der Waals surface area contributed by atoms with E-state index in [0.717, 1.165) is 10.6 Å². The van der Waals surface area contributed by atoms with E-state index >= 15 is 0 Å². The first kappa shape index (κ1) is 16.5. The molecule has 1 unspecified atom stereocenters. The molecule has 0 saturated carbocycles. The number of carboxylic acid groups (broad SMARTS) is 1. The van der Waals surface area contributed by atoms with Crippen LogP contribution < -0.4 is 10.1 Å². The van der Waals surface area contributed by atoms with Crippen molar-refractivity contribution in [2.75, 3.05) is 31.8 Å². The zero-order valence-corrected chi connectivity index (χ0v) is 13.7. The Morgan fingerprint density at radius 2 is 2.18 bits per heavy atom. The highest BCUT2D eigenvalue weighted by Gasteiger charge is 2.42. The molecule has 1 saturated heterocycles. The number of nitrogens with one attached hydrogen (secondary N) is 1. The van der Waals surface area contributed by atoms with E-state index in [9.17, 15) is 14.7 Å². The van der Waals surface area contributed by atoms with Crippen LogP contribution in [-0.2, 0) is 4.79 Å². The first-order valence-corrected chi connectivity index (χ1v) is 8.13. The third kappa shape index (κ3) is 3.30. The zero-order valence-electron chi connectivity index (χ0n) is 12.9. The van der Waals surface area contributed by atoms with E-state index in [-0.39, 0.29) is 12.6 Å². The van der Waals surface area contributed by atoms with Crippen molar-refractivity contribution in [2.24, 2.45) is 5.41 Å². The summed E-state index contributed by atoms with van der Waals surface area (Å²) in [5.74, 6) is -0.109. The van der Waals surface area contributed by atoms with Gasteiger partial charge in [-0.25, -0.2) is 4.79 Å². The number of methoxy groups -OCH3 is 1. The van der Waals surface area contributed by atoms with E-state index in [0.29, 0.717) is 18.7 Å². The average molecular weight is 324 g/mol. The Morgan fingerprint density at radius 1 is 1.45 bits per heavy atom. The van der Waals surface area contributed by atoms with Gasteiger partial charge in [0.25, 0.3) is 0 Å². The third-order valence-electron chi connectivity index (χ3n) is 3.91. The number of carbonyl (C=O) groups is 2. The Morgan fingerprint density at radius 3 is 2.73 bits per heavy atom. The van der Waals surface area contributed by atoms with E-state index in [4.69, 9.17) is 4.74 Å². The quantitative estimate of drug-likeness (QED) is 0.833. The molecule has 7 heteroatoms. The minimum atomic E-state index is -0.864. The maximum Gasteiger partial charge on any atom is 0.321 e. The number of hydrogen-bond donors (Lipinski definition) is 2. The van der Waals surface area contributed by atoms with Gasteiger partial charge in [-0.1, -0.05) is 0 Å². The average Bonchev–Trinajstić information content (AvgIpc) is 2.91. The summed E-state index contributed by atoms with van der Waals surface area (Å²) in [5, 5.41) is 12.0. The van der Waals surface area contributed by atoms with Crippen molar-refractivity contribution in [1.82, 2.24) is 4.90 Å². The lowest BCUT2D eigenvalue weighted by molar-refractivity contribution is -0.146. The monoisotopic (exact) mass is 324 g/mol. The second-order valence-corrected chi connectivity index (χ2v) is 6.39. The molecule has 2 N–H and O–H groups in total. The number of likely N-dealkylation sites (tertiary alicyclic amines) is 1. The van der Waals surface area contributed by atoms with Gasteiger partial charge in [-0.05, 0) is 37.8 Å². The van der Waals surface area contributed by atoms with Crippen LogP contribution in [-0.4, -0.2) is 48.5 Å². The van der Waals surface area contributed by atoms with Crippen LogP contribution in [0, 0.1) is 5.41 Å². The Balaban J connectivity index is 2.05. The van der Waals surface area contributed by atoms with Gasteiger partial charge in [0.1, 0.15) is 5.75 Å². The van der Waals surface area contributed by atoms with Crippen LogP contribution in [0.1, 0.15) is 13.3 Å². The van der Waals surface area contributed by atoms with E-state index < -0.39 is 11.4 Å². The van der Waals surface area contributed by atoms with Gasteiger partial charge in [-0.3, -0.25) is 4.79 Å². The summed E-state index contributed by atoms with van der Waals surface area (Å²) < 4.78 is 5.24. The van der Waals surface area contributed by atoms with Gasteiger partial charge in [0.15, 0.2) is 0 Å². The maximum atomic E-state index is 12.3. The molecule has 6 nitrogen and oxygen atoms in total. The zero-order chi connectivity index (χ0) is 16.3. The van der Waals surface area contributed by atoms with Crippen LogP contribution in [0.15, 0.2) is 23.1 Å². The first-order chi connectivity index (χ1) is 10.4. The molecule has 22 heavy (non-hydrogen) atoms. The Labute approximate surface area is 133 Å². The van der Waals surface area contributed by atoms with Crippen molar-refractivity contribution in [2.45, 2.75) is 18.2 Å². The molecule has 1 atom stereocenters. The van der Waals surface area contributed by atoms with Crippen molar-refractivity contribution in [1.29, 1.82) is 0 Å². The molecule has 1 aromatic carbocycles. The second kappa shape index (κ2) is 6.48. The van der Waals surface area contributed by atoms with E-state index in [1.807, 2.05) is 12.3 Å². The standard InChI is InChI=1S/C15H20N2O4S/c1-15(13(18)19)6-7-17(9-15)14(20)16-10-4-5-11(21-2)12(8-10)22-3/h4-5,8H,6-7,9H2,1-3H3,(H,16,20)(H,18,19). The first-order valence-electron chi connectivity index (χ1n) is 6.91. The van der Waals surface area contributed by atoms with Crippen molar-refractivity contribution < 1.29 is 19.4 Å². The van der Waals surface area contributed by atoms with Crippen LogP contribution in [0.2, 0.25) is 0 Å². The van der Waals surface area contributed by atoms with Crippen LogP contribution >= 0.6 is 11.8 Å². The smallest absolute Gasteiger partial charge is 0.321 e. The second-order valence-electron chi connectivity index (χ2n) is 5.54. The van der Waals surface area contributed by atoms with Crippen LogP contribution in [0.4, 0.5) is 10.5 Å². The topological polar surface area (TPSA) is 78.9 Å². The van der Waals surface area contributed by atoms with Crippen LogP contribution in [0.25, 0.3) is 0 Å². The minimum absolute atomic E-state index is 0.222. The maximum absolute atomic E-state index is 12.3. The van der Waals surface area contributed by atoms with E-state index in [1.165, 1.54) is 16.7 Å². The van der Waals surface area contributed by atoms with Crippen molar-refractivity contribution in [3.63, 3.8) is 0 Å². The number of carbonyl (C=O) groups excluding carboxylic acids is 1. The van der Waals surface area contributed by atoms with Gasteiger partial charge in [0, 0.05) is 18.8 Å². The number of urea groups is 1. The fraction of sp³-hybridized carbons (Fsp3) is 0.467. The summed E-state index contributed by atoms with van der Waals surface area (Å²) in [4.78, 5) is 26.0. The van der Waals surface area contributed by atoms with Crippen molar-refractivity contribution in [3.8, 4) is 5.75 Å². The lowest BCUT2D eigenvalue weighted by Gasteiger charge is -2.20.